The van der Waals surface area contributed by atoms with Crippen LogP contribution < -0.4 is 24.4 Å². The smallest absolute Gasteiger partial charge is 0.341 e. The van der Waals surface area contributed by atoms with Crippen LogP contribution in [0.15, 0.2) is 71.6 Å². The molecule has 1 saturated heterocycles. The second-order valence-electron chi connectivity index (χ2n) is 10.1. The van der Waals surface area contributed by atoms with Crippen molar-refractivity contribution in [2.24, 2.45) is 0 Å². The Kier molecular flexibility index (Phi) is 10.4. The zero-order valence-electron chi connectivity index (χ0n) is 23.2. The number of anilines is 3. The van der Waals surface area contributed by atoms with Crippen LogP contribution >= 0.6 is 11.6 Å². The molecule has 0 amide bonds. The van der Waals surface area contributed by atoms with Crippen molar-refractivity contribution in [2.75, 3.05) is 46.8 Å². The molecular formula is C28H33ClN4O8S2. The first-order valence-corrected chi connectivity index (χ1v) is 17.1. The summed E-state index contributed by atoms with van der Waals surface area (Å²) in [4.78, 5) is 12.8. The molecule has 0 unspecified atom stereocenters. The number of benzene rings is 3. The van der Waals surface area contributed by atoms with E-state index in [-0.39, 0.29) is 33.9 Å². The zero-order valence-corrected chi connectivity index (χ0v) is 25.6. The van der Waals surface area contributed by atoms with E-state index in [0.717, 1.165) is 37.9 Å². The molecule has 0 aliphatic carbocycles. The highest BCUT2D eigenvalue weighted by Gasteiger charge is 2.21. The van der Waals surface area contributed by atoms with E-state index in [9.17, 15) is 26.7 Å². The number of aliphatic hydroxyl groups is 1. The maximum Gasteiger partial charge on any atom is 0.341 e. The minimum Gasteiger partial charge on any atom is -0.482 e. The van der Waals surface area contributed by atoms with Crippen LogP contribution in [-0.4, -0.2) is 71.6 Å². The van der Waals surface area contributed by atoms with Crippen LogP contribution in [0.1, 0.15) is 24.5 Å². The van der Waals surface area contributed by atoms with Gasteiger partial charge in [-0.15, -0.1) is 0 Å². The van der Waals surface area contributed by atoms with Gasteiger partial charge in [0.05, 0.1) is 28.0 Å². The summed E-state index contributed by atoms with van der Waals surface area (Å²) in [5, 5.41) is 23.0. The third kappa shape index (κ3) is 9.46. The summed E-state index contributed by atoms with van der Waals surface area (Å²) in [5.74, 6) is -0.878. The molecule has 1 fully saturated rings. The van der Waals surface area contributed by atoms with Crippen molar-refractivity contribution in [3.63, 3.8) is 0 Å². The summed E-state index contributed by atoms with van der Waals surface area (Å²) in [7, 11) is -7.37. The monoisotopic (exact) mass is 652 g/mol. The number of hydrogen-bond acceptors (Lipinski definition) is 9. The molecule has 1 aliphatic rings. The van der Waals surface area contributed by atoms with Crippen LogP contribution in [0.25, 0.3) is 0 Å². The minimum atomic E-state index is -3.85. The largest absolute Gasteiger partial charge is 0.482 e. The molecule has 0 radical (unpaired) electrons. The van der Waals surface area contributed by atoms with Gasteiger partial charge >= 0.3 is 5.97 Å². The molecule has 0 aromatic heterocycles. The molecule has 3 aromatic carbocycles. The minimum absolute atomic E-state index is 0.0148. The van der Waals surface area contributed by atoms with Crippen LogP contribution in [0.5, 0.6) is 5.75 Å². The van der Waals surface area contributed by atoms with Gasteiger partial charge in [0.1, 0.15) is 5.75 Å². The third-order valence-electron chi connectivity index (χ3n) is 6.75. The lowest BCUT2D eigenvalue weighted by molar-refractivity contribution is -0.139. The maximum absolute atomic E-state index is 12.8. The van der Waals surface area contributed by atoms with Gasteiger partial charge in [0.2, 0.25) is 10.0 Å². The molecule has 43 heavy (non-hydrogen) atoms. The average Bonchev–Trinajstić information content (AvgIpc) is 2.96. The average molecular weight is 653 g/mol. The Labute approximate surface area is 255 Å². The number of carbonyl (C=O) groups is 1. The number of hydrogen-bond donors (Lipinski definition) is 5. The number of piperidine rings is 1. The van der Waals surface area contributed by atoms with Crippen molar-refractivity contribution in [1.29, 1.82) is 0 Å². The lowest BCUT2D eigenvalue weighted by Crippen LogP contribution is -2.43. The molecule has 15 heteroatoms. The molecule has 5 N–H and O–H groups in total. The van der Waals surface area contributed by atoms with E-state index in [0.29, 0.717) is 11.3 Å². The van der Waals surface area contributed by atoms with Crippen molar-refractivity contribution < 1.29 is 36.6 Å². The van der Waals surface area contributed by atoms with Gasteiger partial charge in [0, 0.05) is 37.1 Å². The molecule has 232 valence electrons. The Hall–Kier alpha value is -3.56. The Morgan fingerprint density at radius 1 is 1.00 bits per heavy atom. The highest BCUT2D eigenvalue weighted by atomic mass is 35.5. The summed E-state index contributed by atoms with van der Waals surface area (Å²) in [6.45, 7) is 1.29. The first-order valence-electron chi connectivity index (χ1n) is 13.3. The number of aliphatic hydroxyl groups excluding tert-OH is 1. The van der Waals surface area contributed by atoms with Crippen LogP contribution in [0.4, 0.5) is 17.1 Å². The van der Waals surface area contributed by atoms with Crippen LogP contribution in [0.2, 0.25) is 5.02 Å². The molecule has 0 spiro atoms. The number of sulfonamides is 2. The summed E-state index contributed by atoms with van der Waals surface area (Å²) in [6.07, 6.45) is 1.84. The molecule has 4 rings (SSSR count). The third-order valence-corrected chi connectivity index (χ3v) is 9.06. The van der Waals surface area contributed by atoms with Gasteiger partial charge in [-0.25, -0.2) is 21.6 Å². The lowest BCUT2D eigenvalue weighted by atomic mass is 10.0. The summed E-state index contributed by atoms with van der Waals surface area (Å²) < 4.78 is 58.6. The van der Waals surface area contributed by atoms with Crippen molar-refractivity contribution >= 4 is 54.7 Å². The van der Waals surface area contributed by atoms with E-state index in [4.69, 9.17) is 21.4 Å². The van der Waals surface area contributed by atoms with E-state index in [1.54, 1.807) is 24.3 Å². The van der Waals surface area contributed by atoms with Crippen LogP contribution in [0, 0.1) is 0 Å². The Balaban J connectivity index is 1.26. The SMILES string of the molecule is CS(=O)(=O)Nc1cc([C@H](O)CNC2CCN(c3ccc(NS(=O)(=O)c4ccc(OCC(=O)O)cc4)cc3)CC2)ccc1Cl. The molecule has 0 bridgehead atoms. The van der Waals surface area contributed by atoms with E-state index >= 15 is 0 Å². The van der Waals surface area contributed by atoms with E-state index < -0.39 is 38.7 Å². The van der Waals surface area contributed by atoms with E-state index in [2.05, 4.69) is 19.7 Å². The summed E-state index contributed by atoms with van der Waals surface area (Å²) >= 11 is 6.08. The maximum atomic E-state index is 12.8. The molecule has 1 atom stereocenters. The molecule has 12 nitrogen and oxygen atoms in total. The Morgan fingerprint density at radius 3 is 2.26 bits per heavy atom. The molecular weight excluding hydrogens is 620 g/mol. The number of carboxylic acid groups (broad SMARTS) is 1. The van der Waals surface area contributed by atoms with Gasteiger partial charge in [-0.3, -0.25) is 9.44 Å². The van der Waals surface area contributed by atoms with Crippen LogP contribution in [0.3, 0.4) is 0 Å². The Morgan fingerprint density at radius 2 is 1.65 bits per heavy atom. The fourth-order valence-electron chi connectivity index (χ4n) is 4.58. The Bertz CT molecular complexity index is 1630. The molecule has 0 saturated carbocycles. The highest BCUT2D eigenvalue weighted by molar-refractivity contribution is 7.92. The number of carboxylic acids is 1. The summed E-state index contributed by atoms with van der Waals surface area (Å²) in [5.41, 5.74) is 2.11. The molecule has 1 aliphatic heterocycles. The van der Waals surface area contributed by atoms with Crippen molar-refractivity contribution in [3.8, 4) is 5.75 Å². The highest BCUT2D eigenvalue weighted by Crippen LogP contribution is 2.28. The zero-order chi connectivity index (χ0) is 31.2. The molecule has 3 aromatic rings. The van der Waals surface area contributed by atoms with Gasteiger partial charge in [-0.05, 0) is 79.1 Å². The normalized spacial score (nSPS) is 15.1. The van der Waals surface area contributed by atoms with Gasteiger partial charge in [0.15, 0.2) is 6.61 Å². The fraction of sp³-hybridized carbons (Fsp3) is 0.321. The molecule has 1 heterocycles. The number of ether oxygens (including phenoxy) is 1. The quantitative estimate of drug-likeness (QED) is 0.184. The lowest BCUT2D eigenvalue weighted by Gasteiger charge is -2.34. The second kappa shape index (κ2) is 13.8. The number of halogens is 1. The summed E-state index contributed by atoms with van der Waals surface area (Å²) in [6, 6.07) is 17.5. The first-order chi connectivity index (χ1) is 20.3. The van der Waals surface area contributed by atoms with Gasteiger partial charge in [-0.1, -0.05) is 17.7 Å². The van der Waals surface area contributed by atoms with Gasteiger partial charge in [-0.2, -0.15) is 0 Å². The fourth-order valence-corrected chi connectivity index (χ4v) is 6.43. The van der Waals surface area contributed by atoms with E-state index in [1.807, 2.05) is 12.1 Å². The predicted octanol–water partition coefficient (Wildman–Crippen LogP) is 3.27. The topological polar surface area (TPSA) is 174 Å². The van der Waals surface area contributed by atoms with Crippen LogP contribution in [-0.2, 0) is 24.8 Å². The standard InChI is InChI=1S/C28H33ClN4O8S2/c1-42(37,38)32-26-16-19(2-11-25(26)29)27(34)17-30-20-12-14-33(15-13-20)22-5-3-21(4-6-22)31-43(39,40)24-9-7-23(8-10-24)41-18-28(35)36/h2-11,16,20,27,30-32,34H,12-15,17-18H2,1H3,(H,35,36)/t27-/m1/s1. The number of aliphatic carboxylic acids is 1. The first kappa shape index (κ1) is 32.4. The number of rotatable bonds is 13. The van der Waals surface area contributed by atoms with Crippen molar-refractivity contribution in [3.05, 3.63) is 77.3 Å². The predicted molar refractivity (Wildman–Crippen MR) is 165 cm³/mol. The number of nitrogens with zero attached hydrogens (tertiary/aromatic N) is 1. The van der Waals surface area contributed by atoms with Crippen molar-refractivity contribution in [2.45, 2.75) is 29.9 Å². The van der Waals surface area contributed by atoms with Gasteiger partial charge in [0.25, 0.3) is 10.0 Å². The second-order valence-corrected chi connectivity index (χ2v) is 13.9. The van der Waals surface area contributed by atoms with E-state index in [1.165, 1.54) is 30.3 Å². The number of nitrogens with one attached hydrogen (secondary N) is 3. The van der Waals surface area contributed by atoms with Crippen molar-refractivity contribution in [1.82, 2.24) is 5.32 Å². The van der Waals surface area contributed by atoms with Gasteiger partial charge < -0.3 is 25.2 Å².